The second-order valence-corrected chi connectivity index (χ2v) is 6.92. The highest BCUT2D eigenvalue weighted by Gasteiger charge is 2.30. The number of carboxylic acids is 1. The van der Waals surface area contributed by atoms with Gasteiger partial charge in [-0.3, -0.25) is 4.79 Å². The first kappa shape index (κ1) is 16.1. The van der Waals surface area contributed by atoms with Gasteiger partial charge in [0.05, 0.1) is 5.92 Å². The average Bonchev–Trinajstić information content (AvgIpc) is 2.47. The number of carbonyl (C=O) groups excluding carboxylic acids is 1. The van der Waals surface area contributed by atoms with Crippen LogP contribution in [0.15, 0.2) is 0 Å². The van der Waals surface area contributed by atoms with Crippen molar-refractivity contribution in [2.45, 2.75) is 58.4 Å². The lowest BCUT2D eigenvalue weighted by Gasteiger charge is -2.35. The number of piperidine rings is 1. The second kappa shape index (κ2) is 7.14. The number of hydrogen-bond donors (Lipinski definition) is 2. The van der Waals surface area contributed by atoms with Crippen molar-refractivity contribution >= 4 is 12.0 Å². The van der Waals surface area contributed by atoms with Gasteiger partial charge in [0.15, 0.2) is 0 Å². The SMILES string of the molecule is CC(C)C1CCN(C(=O)NC2CCCC(C(=O)O)C2)CC1. The Balaban J connectivity index is 1.78. The highest BCUT2D eigenvalue weighted by atomic mass is 16.4. The van der Waals surface area contributed by atoms with Crippen LogP contribution in [0.3, 0.4) is 0 Å². The van der Waals surface area contributed by atoms with Crippen molar-refractivity contribution in [3.05, 3.63) is 0 Å². The number of nitrogens with zero attached hydrogens (tertiary/aromatic N) is 1. The molecule has 1 aliphatic heterocycles. The first-order valence-corrected chi connectivity index (χ1v) is 8.25. The molecule has 2 atom stereocenters. The molecule has 0 aromatic rings. The van der Waals surface area contributed by atoms with Crippen LogP contribution in [0, 0.1) is 17.8 Å². The quantitative estimate of drug-likeness (QED) is 0.841. The normalized spacial score (nSPS) is 27.7. The molecular weight excluding hydrogens is 268 g/mol. The minimum absolute atomic E-state index is 0.00625. The van der Waals surface area contributed by atoms with Crippen LogP contribution in [0.4, 0.5) is 4.79 Å². The lowest BCUT2D eigenvalue weighted by molar-refractivity contribution is -0.143. The van der Waals surface area contributed by atoms with Gasteiger partial charge in [0.25, 0.3) is 0 Å². The van der Waals surface area contributed by atoms with Gasteiger partial charge in [0, 0.05) is 19.1 Å². The van der Waals surface area contributed by atoms with Gasteiger partial charge in [-0.05, 0) is 43.9 Å². The van der Waals surface area contributed by atoms with Crippen molar-refractivity contribution in [3.63, 3.8) is 0 Å². The number of likely N-dealkylation sites (tertiary alicyclic amines) is 1. The van der Waals surface area contributed by atoms with E-state index in [-0.39, 0.29) is 18.0 Å². The van der Waals surface area contributed by atoms with Gasteiger partial charge < -0.3 is 15.3 Å². The molecule has 0 radical (unpaired) electrons. The minimum Gasteiger partial charge on any atom is -0.481 e. The Morgan fingerprint density at radius 2 is 1.81 bits per heavy atom. The Morgan fingerprint density at radius 1 is 1.14 bits per heavy atom. The van der Waals surface area contributed by atoms with Crippen LogP contribution >= 0.6 is 0 Å². The monoisotopic (exact) mass is 296 g/mol. The standard InChI is InChI=1S/C16H28N2O3/c1-11(2)12-6-8-18(9-7-12)16(21)17-14-5-3-4-13(10-14)15(19)20/h11-14H,3-10H2,1-2H3,(H,17,21)(H,19,20). The highest BCUT2D eigenvalue weighted by Crippen LogP contribution is 2.26. The molecule has 120 valence electrons. The summed E-state index contributed by atoms with van der Waals surface area (Å²) in [4.78, 5) is 25.2. The Kier molecular flexibility index (Phi) is 5.48. The lowest BCUT2D eigenvalue weighted by atomic mass is 9.85. The molecule has 0 bridgehead atoms. The predicted octanol–water partition coefficient (Wildman–Crippen LogP) is 2.71. The van der Waals surface area contributed by atoms with Crippen molar-refractivity contribution < 1.29 is 14.7 Å². The maximum absolute atomic E-state index is 12.3. The van der Waals surface area contributed by atoms with Crippen LogP contribution in [-0.4, -0.2) is 41.1 Å². The molecule has 0 aromatic heterocycles. The third-order valence-electron chi connectivity index (χ3n) is 5.12. The summed E-state index contributed by atoms with van der Waals surface area (Å²) < 4.78 is 0. The van der Waals surface area contributed by atoms with E-state index in [1.807, 2.05) is 4.90 Å². The summed E-state index contributed by atoms with van der Waals surface area (Å²) in [6.45, 7) is 6.14. The van der Waals surface area contributed by atoms with Gasteiger partial charge >= 0.3 is 12.0 Å². The van der Waals surface area contributed by atoms with Crippen molar-refractivity contribution in [2.75, 3.05) is 13.1 Å². The predicted molar refractivity (Wildman–Crippen MR) is 81.0 cm³/mol. The molecule has 2 amide bonds. The van der Waals surface area contributed by atoms with E-state index in [0.717, 1.165) is 51.1 Å². The number of hydrogen-bond acceptors (Lipinski definition) is 2. The van der Waals surface area contributed by atoms with E-state index in [1.54, 1.807) is 0 Å². The summed E-state index contributed by atoms with van der Waals surface area (Å²) in [5.41, 5.74) is 0. The second-order valence-electron chi connectivity index (χ2n) is 6.92. The highest BCUT2D eigenvalue weighted by molar-refractivity contribution is 5.75. The fraction of sp³-hybridized carbons (Fsp3) is 0.875. The molecule has 1 aliphatic carbocycles. The van der Waals surface area contributed by atoms with Crippen LogP contribution in [0.1, 0.15) is 52.4 Å². The zero-order chi connectivity index (χ0) is 15.4. The van der Waals surface area contributed by atoms with E-state index in [1.165, 1.54) is 0 Å². The number of urea groups is 1. The summed E-state index contributed by atoms with van der Waals surface area (Å²) in [5, 5.41) is 12.1. The van der Waals surface area contributed by atoms with Crippen LogP contribution in [-0.2, 0) is 4.79 Å². The molecule has 5 heteroatoms. The van der Waals surface area contributed by atoms with Crippen molar-refractivity contribution in [3.8, 4) is 0 Å². The number of carboxylic acid groups (broad SMARTS) is 1. The summed E-state index contributed by atoms with van der Waals surface area (Å²) in [6.07, 6.45) is 5.25. The summed E-state index contributed by atoms with van der Waals surface area (Å²) in [6, 6.07) is 0.0171. The van der Waals surface area contributed by atoms with Crippen LogP contribution in [0.2, 0.25) is 0 Å². The zero-order valence-corrected chi connectivity index (χ0v) is 13.2. The molecule has 21 heavy (non-hydrogen) atoms. The first-order valence-electron chi connectivity index (χ1n) is 8.25. The Labute approximate surface area is 127 Å². The zero-order valence-electron chi connectivity index (χ0n) is 13.2. The largest absolute Gasteiger partial charge is 0.481 e. The van der Waals surface area contributed by atoms with E-state index in [0.29, 0.717) is 12.3 Å². The molecule has 2 N–H and O–H groups in total. The molecule has 1 saturated heterocycles. The Hall–Kier alpha value is -1.26. The van der Waals surface area contributed by atoms with Crippen LogP contribution in [0.25, 0.3) is 0 Å². The summed E-state index contributed by atoms with van der Waals surface area (Å²) in [7, 11) is 0. The van der Waals surface area contributed by atoms with Gasteiger partial charge in [-0.15, -0.1) is 0 Å². The van der Waals surface area contributed by atoms with Crippen molar-refractivity contribution in [1.29, 1.82) is 0 Å². The van der Waals surface area contributed by atoms with Gasteiger partial charge in [0.2, 0.25) is 0 Å². The molecular formula is C16H28N2O3. The fourth-order valence-electron chi connectivity index (χ4n) is 3.58. The van der Waals surface area contributed by atoms with Gasteiger partial charge in [-0.1, -0.05) is 20.3 Å². The van der Waals surface area contributed by atoms with E-state index >= 15 is 0 Å². The fourth-order valence-corrected chi connectivity index (χ4v) is 3.58. The molecule has 2 aliphatic rings. The number of nitrogens with one attached hydrogen (secondary N) is 1. The minimum atomic E-state index is -0.730. The van der Waals surface area contributed by atoms with Crippen LogP contribution < -0.4 is 5.32 Å². The molecule has 2 unspecified atom stereocenters. The Morgan fingerprint density at radius 3 is 2.38 bits per heavy atom. The third-order valence-corrected chi connectivity index (χ3v) is 5.12. The molecule has 2 fully saturated rings. The van der Waals surface area contributed by atoms with Gasteiger partial charge in [0.1, 0.15) is 0 Å². The number of aliphatic carboxylic acids is 1. The molecule has 0 spiro atoms. The maximum Gasteiger partial charge on any atom is 0.317 e. The van der Waals surface area contributed by atoms with E-state index in [9.17, 15) is 9.59 Å². The summed E-state index contributed by atoms with van der Waals surface area (Å²) >= 11 is 0. The number of carbonyl (C=O) groups is 2. The third kappa shape index (κ3) is 4.35. The first-order chi connectivity index (χ1) is 9.97. The lowest BCUT2D eigenvalue weighted by Crippen LogP contribution is -2.49. The van der Waals surface area contributed by atoms with E-state index in [2.05, 4.69) is 19.2 Å². The molecule has 1 heterocycles. The van der Waals surface area contributed by atoms with E-state index in [4.69, 9.17) is 5.11 Å². The summed E-state index contributed by atoms with van der Waals surface area (Å²) in [5.74, 6) is 0.382. The number of rotatable bonds is 3. The maximum atomic E-state index is 12.3. The van der Waals surface area contributed by atoms with Gasteiger partial charge in [-0.25, -0.2) is 4.79 Å². The van der Waals surface area contributed by atoms with Crippen LogP contribution in [0.5, 0.6) is 0 Å². The molecule has 1 saturated carbocycles. The van der Waals surface area contributed by atoms with Crippen molar-refractivity contribution in [2.24, 2.45) is 17.8 Å². The molecule has 2 rings (SSSR count). The number of amides is 2. The van der Waals surface area contributed by atoms with Gasteiger partial charge in [-0.2, -0.15) is 0 Å². The van der Waals surface area contributed by atoms with E-state index < -0.39 is 5.97 Å². The average molecular weight is 296 g/mol. The Bertz CT molecular complexity index is 376. The molecule has 0 aromatic carbocycles. The topological polar surface area (TPSA) is 69.6 Å². The smallest absolute Gasteiger partial charge is 0.317 e. The van der Waals surface area contributed by atoms with Crippen molar-refractivity contribution in [1.82, 2.24) is 10.2 Å². The molecule has 5 nitrogen and oxygen atoms in total.